The van der Waals surface area contributed by atoms with Crippen LogP contribution in [-0.2, 0) is 17.8 Å². The van der Waals surface area contributed by atoms with Gasteiger partial charge < -0.3 is 15.4 Å². The Labute approximate surface area is 156 Å². The molecule has 0 fully saturated rings. The topological polar surface area (TPSA) is 90.4 Å². The van der Waals surface area contributed by atoms with E-state index in [9.17, 15) is 9.59 Å². The van der Waals surface area contributed by atoms with E-state index in [0.717, 1.165) is 0 Å². The first kappa shape index (κ1) is 18.3. The number of carbonyl (C=O) groups excluding carboxylic acids is 2. The predicted octanol–water partition coefficient (Wildman–Crippen LogP) is 3.05. The molecule has 0 bridgehead atoms. The van der Waals surface area contributed by atoms with Crippen LogP contribution in [0.25, 0.3) is 11.3 Å². The van der Waals surface area contributed by atoms with Gasteiger partial charge in [-0.2, -0.15) is 5.10 Å². The van der Waals surface area contributed by atoms with Crippen LogP contribution in [0.15, 0.2) is 24.3 Å². The number of hydrogen-bond donors (Lipinski definition) is 1. The largest absolute Gasteiger partial charge is 0.444 e. The van der Waals surface area contributed by atoms with Gasteiger partial charge >= 0.3 is 6.09 Å². The molecule has 3 rings (SSSR count). The van der Waals surface area contributed by atoms with E-state index in [4.69, 9.17) is 22.1 Å². The van der Waals surface area contributed by atoms with Crippen molar-refractivity contribution in [1.29, 1.82) is 0 Å². The van der Waals surface area contributed by atoms with E-state index in [1.54, 1.807) is 27.8 Å². The quantitative estimate of drug-likeness (QED) is 0.872. The average molecular weight is 377 g/mol. The SMILES string of the molecule is CC(C)(C)OC(=O)N1CCn2nc(-c3cccc(Cl)c3)c(C(N)=O)c2C1. The normalized spacial score (nSPS) is 14.1. The van der Waals surface area contributed by atoms with Gasteiger partial charge in [0.1, 0.15) is 11.3 Å². The molecule has 2 N–H and O–H groups in total. The highest BCUT2D eigenvalue weighted by molar-refractivity contribution is 6.30. The molecule has 0 atom stereocenters. The van der Waals surface area contributed by atoms with E-state index in [-0.39, 0.29) is 6.54 Å². The van der Waals surface area contributed by atoms with Gasteiger partial charge in [-0.1, -0.05) is 23.7 Å². The van der Waals surface area contributed by atoms with Crippen LogP contribution in [0.4, 0.5) is 4.79 Å². The Balaban J connectivity index is 1.98. The van der Waals surface area contributed by atoms with Crippen molar-refractivity contribution in [1.82, 2.24) is 14.7 Å². The highest BCUT2D eigenvalue weighted by Crippen LogP contribution is 2.30. The van der Waals surface area contributed by atoms with Crippen LogP contribution in [-0.4, -0.2) is 38.8 Å². The van der Waals surface area contributed by atoms with Gasteiger partial charge in [0.25, 0.3) is 5.91 Å². The van der Waals surface area contributed by atoms with E-state index in [1.807, 2.05) is 26.8 Å². The molecule has 138 valence electrons. The molecule has 8 heteroatoms. The van der Waals surface area contributed by atoms with Crippen LogP contribution >= 0.6 is 11.6 Å². The summed E-state index contributed by atoms with van der Waals surface area (Å²) in [6.07, 6.45) is -0.426. The van der Waals surface area contributed by atoms with Gasteiger partial charge in [0.15, 0.2) is 0 Å². The van der Waals surface area contributed by atoms with Crippen molar-refractivity contribution < 1.29 is 14.3 Å². The molecule has 2 heterocycles. The first-order valence-electron chi connectivity index (χ1n) is 8.29. The minimum atomic E-state index is -0.590. The lowest BCUT2D eigenvalue weighted by Crippen LogP contribution is -2.42. The summed E-state index contributed by atoms with van der Waals surface area (Å²) in [5.74, 6) is -0.590. The number of hydrogen-bond acceptors (Lipinski definition) is 4. The van der Waals surface area contributed by atoms with E-state index in [0.29, 0.717) is 40.6 Å². The summed E-state index contributed by atoms with van der Waals surface area (Å²) in [6.45, 7) is 6.54. The van der Waals surface area contributed by atoms with Crippen molar-refractivity contribution in [3.63, 3.8) is 0 Å². The molecule has 0 radical (unpaired) electrons. The minimum Gasteiger partial charge on any atom is -0.444 e. The molecule has 7 nitrogen and oxygen atoms in total. The van der Waals surface area contributed by atoms with Crippen LogP contribution in [0.5, 0.6) is 0 Å². The Kier molecular flexibility index (Phi) is 4.66. The maximum atomic E-state index is 12.4. The lowest BCUT2D eigenvalue weighted by atomic mass is 10.0. The first-order chi connectivity index (χ1) is 12.2. The smallest absolute Gasteiger partial charge is 0.410 e. The molecular formula is C18H21ClN4O3. The molecule has 1 aliphatic rings. The number of benzene rings is 1. The number of amides is 2. The summed E-state index contributed by atoms with van der Waals surface area (Å²) in [5.41, 5.74) is 7.12. The van der Waals surface area contributed by atoms with Crippen molar-refractivity contribution in [3.8, 4) is 11.3 Å². The average Bonchev–Trinajstić information content (AvgIpc) is 2.91. The molecule has 0 aliphatic carbocycles. The zero-order valence-electron chi connectivity index (χ0n) is 15.0. The lowest BCUT2D eigenvalue weighted by molar-refractivity contribution is 0.0193. The number of aromatic nitrogens is 2. The summed E-state index contributed by atoms with van der Waals surface area (Å²) in [5, 5.41) is 5.07. The zero-order valence-corrected chi connectivity index (χ0v) is 15.7. The Morgan fingerprint density at radius 1 is 1.27 bits per heavy atom. The van der Waals surface area contributed by atoms with E-state index < -0.39 is 17.6 Å². The van der Waals surface area contributed by atoms with Crippen LogP contribution in [0.2, 0.25) is 5.02 Å². The molecule has 1 aromatic heterocycles. The van der Waals surface area contributed by atoms with Gasteiger partial charge in [-0.15, -0.1) is 0 Å². The van der Waals surface area contributed by atoms with E-state index in [1.165, 1.54) is 0 Å². The van der Waals surface area contributed by atoms with Crippen LogP contribution in [0.3, 0.4) is 0 Å². The predicted molar refractivity (Wildman–Crippen MR) is 97.8 cm³/mol. The number of fused-ring (bicyclic) bond motifs is 1. The number of rotatable bonds is 2. The fourth-order valence-electron chi connectivity index (χ4n) is 2.90. The maximum absolute atomic E-state index is 12.4. The Hall–Kier alpha value is -2.54. The highest BCUT2D eigenvalue weighted by atomic mass is 35.5. The number of halogens is 1. The van der Waals surface area contributed by atoms with Crippen molar-refractivity contribution in [2.45, 2.75) is 39.5 Å². The molecule has 26 heavy (non-hydrogen) atoms. The fourth-order valence-corrected chi connectivity index (χ4v) is 3.09. The third kappa shape index (κ3) is 3.67. The number of primary amides is 1. The van der Waals surface area contributed by atoms with Crippen LogP contribution in [0, 0.1) is 0 Å². The van der Waals surface area contributed by atoms with Gasteiger partial charge in [-0.3, -0.25) is 9.48 Å². The molecule has 2 aromatic rings. The summed E-state index contributed by atoms with van der Waals surface area (Å²) < 4.78 is 7.14. The second-order valence-electron chi connectivity index (χ2n) is 7.17. The van der Waals surface area contributed by atoms with Crippen molar-refractivity contribution in [2.24, 2.45) is 5.73 Å². The Morgan fingerprint density at radius 2 is 2.00 bits per heavy atom. The second-order valence-corrected chi connectivity index (χ2v) is 7.61. The minimum absolute atomic E-state index is 0.209. The summed E-state index contributed by atoms with van der Waals surface area (Å²) in [6, 6.07) is 7.08. The van der Waals surface area contributed by atoms with Gasteiger partial charge in [0, 0.05) is 17.1 Å². The van der Waals surface area contributed by atoms with Crippen molar-refractivity contribution in [3.05, 3.63) is 40.5 Å². The standard InChI is InChI=1S/C18H21ClN4O3/c1-18(2,3)26-17(25)22-7-8-23-13(10-22)14(16(20)24)15(21-23)11-5-4-6-12(19)9-11/h4-6,9H,7-8,10H2,1-3H3,(H2,20,24). The summed E-state index contributed by atoms with van der Waals surface area (Å²) >= 11 is 6.06. The molecule has 1 aromatic carbocycles. The molecular weight excluding hydrogens is 356 g/mol. The first-order valence-corrected chi connectivity index (χ1v) is 8.67. The highest BCUT2D eigenvalue weighted by Gasteiger charge is 2.31. The number of nitrogens with zero attached hydrogens (tertiary/aromatic N) is 3. The van der Waals surface area contributed by atoms with Crippen LogP contribution < -0.4 is 5.73 Å². The number of ether oxygens (including phenoxy) is 1. The van der Waals surface area contributed by atoms with Gasteiger partial charge in [-0.05, 0) is 32.9 Å². The fraction of sp³-hybridized carbons (Fsp3) is 0.389. The molecule has 0 spiro atoms. The molecule has 0 saturated heterocycles. The zero-order chi connectivity index (χ0) is 19.1. The third-order valence-electron chi connectivity index (χ3n) is 3.98. The van der Waals surface area contributed by atoms with Crippen LogP contribution in [0.1, 0.15) is 36.8 Å². The molecule has 2 amide bonds. The van der Waals surface area contributed by atoms with Gasteiger partial charge in [0.05, 0.1) is 24.3 Å². The summed E-state index contributed by atoms with van der Waals surface area (Å²) in [4.78, 5) is 26.0. The molecule has 1 aliphatic heterocycles. The Bertz CT molecular complexity index is 870. The second kappa shape index (κ2) is 6.64. The lowest BCUT2D eigenvalue weighted by Gasteiger charge is -2.30. The maximum Gasteiger partial charge on any atom is 0.410 e. The van der Waals surface area contributed by atoms with E-state index >= 15 is 0 Å². The number of carbonyl (C=O) groups is 2. The van der Waals surface area contributed by atoms with E-state index in [2.05, 4.69) is 5.10 Å². The van der Waals surface area contributed by atoms with Crippen molar-refractivity contribution in [2.75, 3.05) is 6.54 Å². The monoisotopic (exact) mass is 376 g/mol. The van der Waals surface area contributed by atoms with Gasteiger partial charge in [-0.25, -0.2) is 4.79 Å². The third-order valence-corrected chi connectivity index (χ3v) is 4.21. The molecule has 0 saturated carbocycles. The summed E-state index contributed by atoms with van der Waals surface area (Å²) in [7, 11) is 0. The number of nitrogens with two attached hydrogens (primary N) is 1. The van der Waals surface area contributed by atoms with Gasteiger partial charge in [0.2, 0.25) is 0 Å². The Morgan fingerprint density at radius 3 is 2.62 bits per heavy atom. The van der Waals surface area contributed by atoms with Crippen molar-refractivity contribution >= 4 is 23.6 Å². The molecule has 0 unspecified atom stereocenters.